The van der Waals surface area contributed by atoms with E-state index in [9.17, 15) is 0 Å². The quantitative estimate of drug-likeness (QED) is 0.496. The summed E-state index contributed by atoms with van der Waals surface area (Å²) in [6.45, 7) is 0.650. The molecule has 100 valence electrons. The largest absolute Gasteiger partial charge is 0.370 e. The minimum atomic E-state index is 0. The van der Waals surface area contributed by atoms with Crippen LogP contribution in [0.15, 0.2) is 59.9 Å². The third-order valence-electron chi connectivity index (χ3n) is 2.45. The minimum absolute atomic E-state index is 0. The summed E-state index contributed by atoms with van der Waals surface area (Å²) in [6, 6.07) is 13.7. The number of halogens is 1. The third kappa shape index (κ3) is 5.69. The van der Waals surface area contributed by atoms with Crippen molar-refractivity contribution in [1.82, 2.24) is 4.98 Å². The van der Waals surface area contributed by atoms with Crippen molar-refractivity contribution in [2.24, 2.45) is 10.7 Å². The van der Waals surface area contributed by atoms with Gasteiger partial charge in [-0.05, 0) is 30.2 Å². The van der Waals surface area contributed by atoms with E-state index >= 15 is 0 Å². The third-order valence-corrected chi connectivity index (χ3v) is 2.45. The predicted octanol–water partition coefficient (Wildman–Crippen LogP) is 2.67. The van der Waals surface area contributed by atoms with Crippen molar-refractivity contribution in [2.45, 2.75) is 6.42 Å². The zero-order valence-corrected chi connectivity index (χ0v) is 12.8. The molecule has 4 nitrogen and oxygen atoms in total. The first kappa shape index (κ1) is 15.4. The Morgan fingerprint density at radius 3 is 2.63 bits per heavy atom. The second kappa shape index (κ2) is 8.47. The molecule has 0 saturated carbocycles. The summed E-state index contributed by atoms with van der Waals surface area (Å²) in [7, 11) is 0. The van der Waals surface area contributed by atoms with Crippen LogP contribution in [0.3, 0.4) is 0 Å². The molecule has 1 heterocycles. The summed E-state index contributed by atoms with van der Waals surface area (Å²) in [5, 5.41) is 3.04. The number of nitrogens with zero attached hydrogens (tertiary/aromatic N) is 2. The molecule has 0 fully saturated rings. The van der Waals surface area contributed by atoms with Crippen LogP contribution in [-0.4, -0.2) is 17.5 Å². The van der Waals surface area contributed by atoms with Gasteiger partial charge in [-0.2, -0.15) is 0 Å². The van der Waals surface area contributed by atoms with Gasteiger partial charge in [0.25, 0.3) is 0 Å². The average molecular weight is 368 g/mol. The van der Waals surface area contributed by atoms with Gasteiger partial charge in [-0.1, -0.05) is 24.3 Å². The lowest BCUT2D eigenvalue weighted by molar-refractivity contribution is 0.955. The van der Waals surface area contributed by atoms with E-state index in [0.717, 1.165) is 17.7 Å². The summed E-state index contributed by atoms with van der Waals surface area (Å²) in [6.07, 6.45) is 4.44. The molecule has 1 aromatic heterocycles. The van der Waals surface area contributed by atoms with Crippen LogP contribution < -0.4 is 11.1 Å². The van der Waals surface area contributed by atoms with Crippen molar-refractivity contribution in [1.29, 1.82) is 0 Å². The van der Waals surface area contributed by atoms with Crippen molar-refractivity contribution < 1.29 is 0 Å². The van der Waals surface area contributed by atoms with Crippen LogP contribution >= 0.6 is 24.0 Å². The SMILES string of the molecule is I.NC(=NCCc1cccnc1)Nc1ccccc1. The summed E-state index contributed by atoms with van der Waals surface area (Å²) in [5.41, 5.74) is 7.90. The van der Waals surface area contributed by atoms with Gasteiger partial charge in [0, 0.05) is 24.6 Å². The smallest absolute Gasteiger partial charge is 0.193 e. The van der Waals surface area contributed by atoms with E-state index in [0.29, 0.717) is 12.5 Å². The van der Waals surface area contributed by atoms with Gasteiger partial charge in [0.05, 0.1) is 0 Å². The van der Waals surface area contributed by atoms with Crippen molar-refractivity contribution in [3.8, 4) is 0 Å². The molecule has 2 rings (SSSR count). The number of para-hydroxylation sites is 1. The van der Waals surface area contributed by atoms with Crippen molar-refractivity contribution in [3.05, 3.63) is 60.4 Å². The number of anilines is 1. The Morgan fingerprint density at radius 1 is 1.16 bits per heavy atom. The van der Waals surface area contributed by atoms with Gasteiger partial charge >= 0.3 is 0 Å². The molecule has 0 bridgehead atoms. The van der Waals surface area contributed by atoms with Crippen LogP contribution in [0.2, 0.25) is 0 Å². The minimum Gasteiger partial charge on any atom is -0.370 e. The molecule has 0 atom stereocenters. The monoisotopic (exact) mass is 368 g/mol. The molecular formula is C14H17IN4. The number of aromatic nitrogens is 1. The zero-order chi connectivity index (χ0) is 12.6. The van der Waals surface area contributed by atoms with Crippen LogP contribution in [0.5, 0.6) is 0 Å². The maximum atomic E-state index is 5.79. The fraction of sp³-hybridized carbons (Fsp3) is 0.143. The normalized spacial score (nSPS) is 10.6. The number of hydrogen-bond acceptors (Lipinski definition) is 2. The van der Waals surface area contributed by atoms with E-state index < -0.39 is 0 Å². The van der Waals surface area contributed by atoms with Gasteiger partial charge in [0.2, 0.25) is 0 Å². The van der Waals surface area contributed by atoms with E-state index in [1.54, 1.807) is 6.20 Å². The maximum Gasteiger partial charge on any atom is 0.193 e. The zero-order valence-electron chi connectivity index (χ0n) is 10.5. The van der Waals surface area contributed by atoms with Gasteiger partial charge in [0.1, 0.15) is 0 Å². The number of hydrogen-bond donors (Lipinski definition) is 2. The molecular weight excluding hydrogens is 351 g/mol. The van der Waals surface area contributed by atoms with E-state index in [-0.39, 0.29) is 24.0 Å². The predicted molar refractivity (Wildman–Crippen MR) is 89.9 cm³/mol. The first-order chi connectivity index (χ1) is 8.84. The summed E-state index contributed by atoms with van der Waals surface area (Å²) in [5.74, 6) is 0.435. The molecule has 19 heavy (non-hydrogen) atoms. The molecule has 0 aliphatic rings. The lowest BCUT2D eigenvalue weighted by Crippen LogP contribution is -2.23. The highest BCUT2D eigenvalue weighted by Crippen LogP contribution is 2.04. The highest BCUT2D eigenvalue weighted by atomic mass is 127. The second-order valence-electron chi connectivity index (χ2n) is 3.87. The van der Waals surface area contributed by atoms with E-state index in [1.807, 2.05) is 48.7 Å². The Kier molecular flexibility index (Phi) is 6.88. The molecule has 2 aromatic rings. The highest BCUT2D eigenvalue weighted by Gasteiger charge is 1.94. The van der Waals surface area contributed by atoms with Crippen molar-refractivity contribution in [3.63, 3.8) is 0 Å². The summed E-state index contributed by atoms with van der Waals surface area (Å²) in [4.78, 5) is 8.33. The number of aliphatic imine (C=N–C) groups is 1. The molecule has 0 aliphatic carbocycles. The molecule has 0 radical (unpaired) electrons. The summed E-state index contributed by atoms with van der Waals surface area (Å²) >= 11 is 0. The van der Waals surface area contributed by atoms with E-state index in [4.69, 9.17) is 5.73 Å². The Hall–Kier alpha value is -1.63. The first-order valence-electron chi connectivity index (χ1n) is 5.85. The fourth-order valence-electron chi connectivity index (χ4n) is 1.56. The molecule has 5 heteroatoms. The number of benzene rings is 1. The van der Waals surface area contributed by atoms with Crippen molar-refractivity contribution >= 4 is 35.6 Å². The van der Waals surface area contributed by atoms with Gasteiger partial charge in [-0.3, -0.25) is 9.98 Å². The Balaban J connectivity index is 0.00000180. The topological polar surface area (TPSA) is 63.3 Å². The van der Waals surface area contributed by atoms with Gasteiger partial charge in [0.15, 0.2) is 5.96 Å². The van der Waals surface area contributed by atoms with Crippen LogP contribution in [0, 0.1) is 0 Å². The maximum absolute atomic E-state index is 5.79. The standard InChI is InChI=1S/C14H16N4.HI/c15-14(18-13-6-2-1-3-7-13)17-10-8-12-5-4-9-16-11-12;/h1-7,9,11H,8,10H2,(H3,15,17,18);1H. The first-order valence-corrected chi connectivity index (χ1v) is 5.85. The average Bonchev–Trinajstić information content (AvgIpc) is 2.41. The Bertz CT molecular complexity index is 499. The number of nitrogens with one attached hydrogen (secondary N) is 1. The van der Waals surface area contributed by atoms with E-state index in [2.05, 4.69) is 15.3 Å². The molecule has 3 N–H and O–H groups in total. The molecule has 0 aliphatic heterocycles. The van der Waals surface area contributed by atoms with E-state index in [1.165, 1.54) is 0 Å². The summed E-state index contributed by atoms with van der Waals surface area (Å²) < 4.78 is 0. The van der Waals surface area contributed by atoms with Gasteiger partial charge in [-0.25, -0.2) is 0 Å². The van der Waals surface area contributed by atoms with Crippen LogP contribution in [-0.2, 0) is 6.42 Å². The fourth-order valence-corrected chi connectivity index (χ4v) is 1.56. The van der Waals surface area contributed by atoms with Crippen LogP contribution in [0.25, 0.3) is 0 Å². The lowest BCUT2D eigenvalue weighted by atomic mass is 10.2. The van der Waals surface area contributed by atoms with Crippen LogP contribution in [0.4, 0.5) is 5.69 Å². The van der Waals surface area contributed by atoms with Crippen molar-refractivity contribution in [2.75, 3.05) is 11.9 Å². The number of guanidine groups is 1. The lowest BCUT2D eigenvalue weighted by Gasteiger charge is -2.04. The van der Waals surface area contributed by atoms with Crippen LogP contribution in [0.1, 0.15) is 5.56 Å². The number of nitrogens with two attached hydrogens (primary N) is 1. The molecule has 0 spiro atoms. The Labute approximate surface area is 130 Å². The molecule has 0 amide bonds. The molecule has 0 unspecified atom stereocenters. The molecule has 1 aromatic carbocycles. The number of pyridine rings is 1. The second-order valence-corrected chi connectivity index (χ2v) is 3.87. The highest BCUT2D eigenvalue weighted by molar-refractivity contribution is 14.0. The Morgan fingerprint density at radius 2 is 1.95 bits per heavy atom. The van der Waals surface area contributed by atoms with Gasteiger partial charge in [-0.15, -0.1) is 24.0 Å². The molecule has 0 saturated heterocycles. The number of rotatable bonds is 4. The van der Waals surface area contributed by atoms with Gasteiger partial charge < -0.3 is 11.1 Å².